The Morgan fingerprint density at radius 3 is 2.67 bits per heavy atom. The lowest BCUT2D eigenvalue weighted by atomic mass is 10.1. The fraction of sp³-hybridized carbons (Fsp3) is 0.294. The van der Waals surface area contributed by atoms with Crippen molar-refractivity contribution in [3.05, 3.63) is 48.4 Å². The monoisotopic (exact) mass is 371 g/mol. The first-order valence-electron chi connectivity index (χ1n) is 8.27. The molecule has 4 N–H and O–H groups in total. The van der Waals surface area contributed by atoms with Gasteiger partial charge in [-0.1, -0.05) is 18.2 Å². The second-order valence-electron chi connectivity index (χ2n) is 6.10. The van der Waals surface area contributed by atoms with Crippen LogP contribution in [0.3, 0.4) is 0 Å². The second kappa shape index (κ2) is 7.00. The highest BCUT2D eigenvalue weighted by Crippen LogP contribution is 2.31. The zero-order valence-electron chi connectivity index (χ0n) is 14.0. The van der Waals surface area contributed by atoms with Gasteiger partial charge in [0.25, 0.3) is 5.91 Å². The van der Waals surface area contributed by atoms with E-state index < -0.39 is 31.1 Å². The number of fused-ring (bicyclic) bond motifs is 1. The summed E-state index contributed by atoms with van der Waals surface area (Å²) >= 11 is 0. The minimum Gasteiger partial charge on any atom is -0.394 e. The van der Waals surface area contributed by atoms with E-state index in [0.29, 0.717) is 16.6 Å². The zero-order valence-corrected chi connectivity index (χ0v) is 14.0. The van der Waals surface area contributed by atoms with Gasteiger partial charge in [0.15, 0.2) is 11.9 Å². The topological polar surface area (TPSA) is 143 Å². The van der Waals surface area contributed by atoms with E-state index in [1.807, 2.05) is 6.07 Å². The van der Waals surface area contributed by atoms with E-state index >= 15 is 0 Å². The normalized spacial score (nSPS) is 25.0. The van der Waals surface area contributed by atoms with Gasteiger partial charge < -0.3 is 25.4 Å². The molecule has 140 valence electrons. The number of nitrogens with zero attached hydrogens (tertiary/aromatic N) is 4. The molecule has 10 heteroatoms. The molecule has 0 bridgehead atoms. The maximum Gasteiger partial charge on any atom is 0.256 e. The molecule has 1 aromatic carbocycles. The van der Waals surface area contributed by atoms with Gasteiger partial charge in [0.2, 0.25) is 0 Å². The van der Waals surface area contributed by atoms with Crippen LogP contribution in [0.15, 0.2) is 42.9 Å². The Morgan fingerprint density at radius 2 is 1.96 bits per heavy atom. The molecule has 1 unspecified atom stereocenters. The number of nitrogens with one attached hydrogen (secondary N) is 1. The molecule has 1 saturated heterocycles. The van der Waals surface area contributed by atoms with E-state index in [0.717, 1.165) is 0 Å². The summed E-state index contributed by atoms with van der Waals surface area (Å²) in [6, 6.07) is 8.67. The summed E-state index contributed by atoms with van der Waals surface area (Å²) in [5.74, 6) is -0.0804. The Balaban J connectivity index is 1.65. The number of ether oxygens (including phenoxy) is 1. The molecule has 2 aromatic heterocycles. The molecule has 3 aromatic rings. The van der Waals surface area contributed by atoms with Gasteiger partial charge in [-0.05, 0) is 12.1 Å². The molecular weight excluding hydrogens is 354 g/mol. The van der Waals surface area contributed by atoms with Crippen LogP contribution in [-0.4, -0.2) is 65.9 Å². The highest BCUT2D eigenvalue weighted by molar-refractivity contribution is 6.07. The predicted octanol–water partition coefficient (Wildman–Crippen LogP) is -0.310. The maximum atomic E-state index is 12.4. The second-order valence-corrected chi connectivity index (χ2v) is 6.10. The van der Waals surface area contributed by atoms with Crippen LogP contribution in [0.2, 0.25) is 0 Å². The standard InChI is InChI=1S/C17H17N5O5/c23-7-11-12(24)13(25)17(27-11)22-15-10(6-20-22)14(18-8-19-15)21-16(26)9-4-2-1-3-5-9/h1-6,8,11-13,17,23-25H,7H2,(H,18,19,21,26)/t11-,12+,13?,17-/m1/s1. The molecule has 1 aliphatic rings. The Morgan fingerprint density at radius 1 is 1.19 bits per heavy atom. The number of benzene rings is 1. The zero-order chi connectivity index (χ0) is 19.0. The molecule has 1 amide bonds. The van der Waals surface area contributed by atoms with Gasteiger partial charge in [-0.3, -0.25) is 4.79 Å². The molecule has 0 saturated carbocycles. The molecule has 4 atom stereocenters. The average molecular weight is 371 g/mol. The van der Waals surface area contributed by atoms with Crippen LogP contribution in [-0.2, 0) is 4.74 Å². The fourth-order valence-corrected chi connectivity index (χ4v) is 3.00. The van der Waals surface area contributed by atoms with E-state index in [-0.39, 0.29) is 11.7 Å². The number of hydrogen-bond acceptors (Lipinski definition) is 8. The number of carbonyl (C=O) groups excluding carboxylic acids is 1. The smallest absolute Gasteiger partial charge is 0.256 e. The number of carbonyl (C=O) groups is 1. The van der Waals surface area contributed by atoms with E-state index in [1.165, 1.54) is 17.2 Å². The molecule has 0 radical (unpaired) electrons. The number of aliphatic hydroxyl groups excluding tert-OH is 3. The molecule has 1 fully saturated rings. The number of anilines is 1. The number of rotatable bonds is 4. The predicted molar refractivity (Wildman–Crippen MR) is 92.7 cm³/mol. The summed E-state index contributed by atoms with van der Waals surface area (Å²) in [5, 5.41) is 36.7. The molecule has 3 heterocycles. The largest absolute Gasteiger partial charge is 0.394 e. The molecule has 10 nitrogen and oxygen atoms in total. The molecule has 27 heavy (non-hydrogen) atoms. The third kappa shape index (κ3) is 3.04. The molecule has 0 spiro atoms. The summed E-state index contributed by atoms with van der Waals surface area (Å²) in [7, 11) is 0. The molecule has 1 aliphatic heterocycles. The maximum absolute atomic E-state index is 12.4. The lowest BCUT2D eigenvalue weighted by molar-refractivity contribution is -0.0566. The van der Waals surface area contributed by atoms with Crippen molar-refractivity contribution < 1.29 is 24.9 Å². The van der Waals surface area contributed by atoms with Crippen LogP contribution in [0.4, 0.5) is 5.82 Å². The van der Waals surface area contributed by atoms with Crippen molar-refractivity contribution in [2.75, 3.05) is 11.9 Å². The number of aliphatic hydroxyl groups is 3. The minimum atomic E-state index is -1.29. The third-order valence-electron chi connectivity index (χ3n) is 4.42. The van der Waals surface area contributed by atoms with Gasteiger partial charge in [-0.15, -0.1) is 0 Å². The van der Waals surface area contributed by atoms with Crippen molar-refractivity contribution >= 4 is 22.8 Å². The lowest BCUT2D eigenvalue weighted by Gasteiger charge is -2.15. The number of hydrogen-bond donors (Lipinski definition) is 4. The highest BCUT2D eigenvalue weighted by atomic mass is 16.6. The van der Waals surface area contributed by atoms with E-state index in [9.17, 15) is 20.1 Å². The Labute approximate surface area is 153 Å². The van der Waals surface area contributed by atoms with Crippen LogP contribution in [0.25, 0.3) is 11.0 Å². The molecular formula is C17H17N5O5. The van der Waals surface area contributed by atoms with Crippen molar-refractivity contribution in [2.45, 2.75) is 24.5 Å². The Hall–Kier alpha value is -2.92. The fourth-order valence-electron chi connectivity index (χ4n) is 3.00. The van der Waals surface area contributed by atoms with Crippen LogP contribution in [0, 0.1) is 0 Å². The Bertz CT molecular complexity index is 963. The SMILES string of the molecule is O=C(Nc1ncnc2c1cnn2[C@@H]1O[C@H](CO)[C@H](O)C1O)c1ccccc1. The van der Waals surface area contributed by atoms with Gasteiger partial charge >= 0.3 is 0 Å². The molecule has 0 aliphatic carbocycles. The van der Waals surface area contributed by atoms with Gasteiger partial charge in [-0.2, -0.15) is 5.10 Å². The van der Waals surface area contributed by atoms with Crippen molar-refractivity contribution in [3.8, 4) is 0 Å². The van der Waals surface area contributed by atoms with Crippen LogP contribution < -0.4 is 5.32 Å². The van der Waals surface area contributed by atoms with Gasteiger partial charge in [0.05, 0.1) is 18.2 Å². The Kier molecular flexibility index (Phi) is 4.54. The number of amides is 1. The minimum absolute atomic E-state index is 0.256. The summed E-state index contributed by atoms with van der Waals surface area (Å²) in [6.45, 7) is -0.443. The van der Waals surface area contributed by atoms with E-state index in [4.69, 9.17) is 4.74 Å². The summed E-state index contributed by atoms with van der Waals surface area (Å²) in [6.07, 6.45) is -1.81. The van der Waals surface area contributed by atoms with Crippen LogP contribution >= 0.6 is 0 Å². The number of aromatic nitrogens is 4. The average Bonchev–Trinajstić information content (AvgIpc) is 3.25. The summed E-state index contributed by atoms with van der Waals surface area (Å²) in [4.78, 5) is 20.6. The first-order valence-corrected chi connectivity index (χ1v) is 8.27. The summed E-state index contributed by atoms with van der Waals surface area (Å²) in [5.41, 5.74) is 0.781. The van der Waals surface area contributed by atoms with Crippen molar-refractivity contribution in [1.29, 1.82) is 0 Å². The van der Waals surface area contributed by atoms with Gasteiger partial charge in [0, 0.05) is 5.56 Å². The van der Waals surface area contributed by atoms with E-state index in [2.05, 4.69) is 20.4 Å². The molecule has 4 rings (SSSR count). The van der Waals surface area contributed by atoms with Crippen molar-refractivity contribution in [1.82, 2.24) is 19.7 Å². The van der Waals surface area contributed by atoms with Crippen LogP contribution in [0.5, 0.6) is 0 Å². The van der Waals surface area contributed by atoms with Crippen LogP contribution in [0.1, 0.15) is 16.6 Å². The van der Waals surface area contributed by atoms with Crippen molar-refractivity contribution in [2.24, 2.45) is 0 Å². The first-order chi connectivity index (χ1) is 13.1. The lowest BCUT2D eigenvalue weighted by Crippen LogP contribution is -2.33. The third-order valence-corrected chi connectivity index (χ3v) is 4.42. The van der Waals surface area contributed by atoms with E-state index in [1.54, 1.807) is 24.3 Å². The summed E-state index contributed by atoms with van der Waals surface area (Å²) < 4.78 is 6.77. The van der Waals surface area contributed by atoms with Crippen molar-refractivity contribution in [3.63, 3.8) is 0 Å². The van der Waals surface area contributed by atoms with Gasteiger partial charge in [0.1, 0.15) is 30.5 Å². The highest BCUT2D eigenvalue weighted by Gasteiger charge is 2.44. The van der Waals surface area contributed by atoms with Gasteiger partial charge in [-0.25, -0.2) is 14.6 Å². The quantitative estimate of drug-likeness (QED) is 0.489. The first kappa shape index (κ1) is 17.5.